The fourth-order valence-corrected chi connectivity index (χ4v) is 2.84. The number of carbonyl (C=O) groups is 2. The van der Waals surface area contributed by atoms with Gasteiger partial charge in [-0.2, -0.15) is 0 Å². The van der Waals surface area contributed by atoms with E-state index in [4.69, 9.17) is 0 Å². The highest BCUT2D eigenvalue weighted by molar-refractivity contribution is 5.85. The molecule has 2 aliphatic rings. The highest BCUT2D eigenvalue weighted by atomic mass is 16.4. The number of hydrogen-bond donors (Lipinski definition) is 2. The normalized spacial score (nSPS) is 35.2. The van der Waals surface area contributed by atoms with Crippen LogP contribution in [-0.2, 0) is 9.59 Å². The molecule has 0 aromatic rings. The molecule has 1 aliphatic carbocycles. The molecule has 2 N–H and O–H groups in total. The summed E-state index contributed by atoms with van der Waals surface area (Å²) >= 11 is 0. The van der Waals surface area contributed by atoms with E-state index in [0.717, 1.165) is 6.42 Å². The maximum absolute atomic E-state index is 12.4. The fraction of sp³-hybridized carbons (Fsp3) is 0.714. The molecule has 0 aromatic carbocycles. The second-order valence-electron chi connectivity index (χ2n) is 5.61. The highest BCUT2D eigenvalue weighted by Gasteiger charge is 2.38. The number of carboxylic acid groups (broad SMARTS) is 1. The van der Waals surface area contributed by atoms with Crippen molar-refractivity contribution in [1.29, 1.82) is 0 Å². The van der Waals surface area contributed by atoms with Gasteiger partial charge in [0.1, 0.15) is 0 Å². The van der Waals surface area contributed by atoms with Crippen molar-refractivity contribution < 1.29 is 19.8 Å². The van der Waals surface area contributed by atoms with Gasteiger partial charge in [-0.05, 0) is 25.2 Å². The zero-order valence-corrected chi connectivity index (χ0v) is 11.2. The number of aliphatic carboxylic acids is 1. The van der Waals surface area contributed by atoms with Gasteiger partial charge >= 0.3 is 5.97 Å². The van der Waals surface area contributed by atoms with Gasteiger partial charge in [0.05, 0.1) is 17.9 Å². The van der Waals surface area contributed by atoms with E-state index in [0.29, 0.717) is 25.9 Å². The standard InChI is InChI=1S/C14H21NO4/c1-9-6-7-15(8-12(9)16)13(17)10-4-2-3-5-11(10)14(18)19/h2-3,9-12,16H,4-8H2,1H3,(H,18,19). The number of hydrogen-bond acceptors (Lipinski definition) is 3. The molecule has 5 nitrogen and oxygen atoms in total. The minimum atomic E-state index is -0.909. The number of likely N-dealkylation sites (tertiary alicyclic amines) is 1. The Bertz CT molecular complexity index is 393. The van der Waals surface area contributed by atoms with Gasteiger partial charge < -0.3 is 15.1 Å². The summed E-state index contributed by atoms with van der Waals surface area (Å²) in [5, 5.41) is 19.0. The molecule has 4 atom stereocenters. The Balaban J connectivity index is 2.06. The molecule has 0 radical (unpaired) electrons. The molecule has 4 unspecified atom stereocenters. The first-order chi connectivity index (χ1) is 9.00. The fourth-order valence-electron chi connectivity index (χ4n) is 2.84. The van der Waals surface area contributed by atoms with E-state index in [-0.39, 0.29) is 11.8 Å². The number of aliphatic hydroxyl groups excluding tert-OH is 1. The third-order valence-electron chi connectivity index (χ3n) is 4.30. The zero-order valence-electron chi connectivity index (χ0n) is 11.2. The van der Waals surface area contributed by atoms with Crippen LogP contribution >= 0.6 is 0 Å². The molecular weight excluding hydrogens is 246 g/mol. The Morgan fingerprint density at radius 3 is 2.42 bits per heavy atom. The van der Waals surface area contributed by atoms with Gasteiger partial charge in [-0.3, -0.25) is 9.59 Å². The van der Waals surface area contributed by atoms with E-state index in [1.807, 2.05) is 19.1 Å². The summed E-state index contributed by atoms with van der Waals surface area (Å²) in [5.74, 6) is -1.95. The van der Waals surface area contributed by atoms with Gasteiger partial charge in [0.25, 0.3) is 0 Å². The molecule has 1 fully saturated rings. The minimum absolute atomic E-state index is 0.122. The van der Waals surface area contributed by atoms with E-state index in [1.165, 1.54) is 0 Å². The van der Waals surface area contributed by atoms with E-state index in [9.17, 15) is 19.8 Å². The van der Waals surface area contributed by atoms with Gasteiger partial charge in [-0.1, -0.05) is 19.1 Å². The van der Waals surface area contributed by atoms with Crippen molar-refractivity contribution in [3.8, 4) is 0 Å². The number of rotatable bonds is 2. The summed E-state index contributed by atoms with van der Waals surface area (Å²) in [5.41, 5.74) is 0. The quantitative estimate of drug-likeness (QED) is 0.728. The lowest BCUT2D eigenvalue weighted by molar-refractivity contribution is -0.152. The van der Waals surface area contributed by atoms with Crippen molar-refractivity contribution in [2.45, 2.75) is 32.3 Å². The van der Waals surface area contributed by atoms with Crippen molar-refractivity contribution in [3.05, 3.63) is 12.2 Å². The lowest BCUT2D eigenvalue weighted by Gasteiger charge is -2.37. The van der Waals surface area contributed by atoms with Crippen molar-refractivity contribution in [2.24, 2.45) is 17.8 Å². The molecule has 1 aliphatic heterocycles. The van der Waals surface area contributed by atoms with Gasteiger partial charge in [-0.15, -0.1) is 0 Å². The molecule has 1 saturated heterocycles. The van der Waals surface area contributed by atoms with Gasteiger partial charge in [0.2, 0.25) is 5.91 Å². The van der Waals surface area contributed by atoms with Crippen LogP contribution in [0.1, 0.15) is 26.2 Å². The molecule has 2 rings (SSSR count). The lowest BCUT2D eigenvalue weighted by atomic mass is 9.81. The first-order valence-electron chi connectivity index (χ1n) is 6.85. The zero-order chi connectivity index (χ0) is 14.0. The van der Waals surface area contributed by atoms with Crippen LogP contribution in [0.25, 0.3) is 0 Å². The van der Waals surface area contributed by atoms with Crippen molar-refractivity contribution in [1.82, 2.24) is 4.90 Å². The summed E-state index contributed by atoms with van der Waals surface area (Å²) in [6.45, 7) is 2.91. The second-order valence-corrected chi connectivity index (χ2v) is 5.61. The monoisotopic (exact) mass is 267 g/mol. The van der Waals surface area contributed by atoms with Crippen LogP contribution in [0.5, 0.6) is 0 Å². The Labute approximate surface area is 112 Å². The SMILES string of the molecule is CC1CCN(C(=O)C2CC=CCC2C(=O)O)CC1O. The minimum Gasteiger partial charge on any atom is -0.481 e. The van der Waals surface area contributed by atoms with E-state index >= 15 is 0 Å². The molecule has 0 bridgehead atoms. The maximum atomic E-state index is 12.4. The first kappa shape index (κ1) is 14.1. The Morgan fingerprint density at radius 1 is 1.21 bits per heavy atom. The number of aliphatic hydroxyl groups is 1. The Kier molecular flexibility index (Phi) is 4.24. The van der Waals surface area contributed by atoms with Crippen LogP contribution in [0.4, 0.5) is 0 Å². The second kappa shape index (κ2) is 5.74. The predicted molar refractivity (Wildman–Crippen MR) is 69.4 cm³/mol. The van der Waals surface area contributed by atoms with Crippen molar-refractivity contribution in [2.75, 3.05) is 13.1 Å². The lowest BCUT2D eigenvalue weighted by Crippen LogP contribution is -2.49. The summed E-state index contributed by atoms with van der Waals surface area (Å²) in [6, 6.07) is 0. The number of carboxylic acids is 1. The number of amides is 1. The molecular formula is C14H21NO4. The Morgan fingerprint density at radius 2 is 1.84 bits per heavy atom. The van der Waals surface area contributed by atoms with Crippen LogP contribution in [-0.4, -0.2) is 46.2 Å². The van der Waals surface area contributed by atoms with E-state index in [1.54, 1.807) is 4.90 Å². The van der Waals surface area contributed by atoms with Crippen LogP contribution < -0.4 is 0 Å². The molecule has 1 amide bonds. The number of β-amino-alcohol motifs (C(OH)–C–C–N with tert-alkyl or cyclic N) is 1. The summed E-state index contributed by atoms with van der Waals surface area (Å²) in [4.78, 5) is 25.3. The van der Waals surface area contributed by atoms with Crippen LogP contribution in [0.15, 0.2) is 12.2 Å². The Hall–Kier alpha value is -1.36. The van der Waals surface area contributed by atoms with Crippen LogP contribution in [0.2, 0.25) is 0 Å². The van der Waals surface area contributed by atoms with Crippen molar-refractivity contribution >= 4 is 11.9 Å². The summed E-state index contributed by atoms with van der Waals surface area (Å²) < 4.78 is 0. The van der Waals surface area contributed by atoms with Gasteiger partial charge in [-0.25, -0.2) is 0 Å². The number of piperidine rings is 1. The van der Waals surface area contributed by atoms with E-state index in [2.05, 4.69) is 0 Å². The molecule has 106 valence electrons. The molecule has 19 heavy (non-hydrogen) atoms. The summed E-state index contributed by atoms with van der Waals surface area (Å²) in [7, 11) is 0. The third-order valence-corrected chi connectivity index (χ3v) is 4.30. The molecule has 0 spiro atoms. The number of carbonyl (C=O) groups excluding carboxylic acids is 1. The van der Waals surface area contributed by atoms with Gasteiger partial charge in [0.15, 0.2) is 0 Å². The molecule has 5 heteroatoms. The maximum Gasteiger partial charge on any atom is 0.307 e. The van der Waals surface area contributed by atoms with Gasteiger partial charge in [0, 0.05) is 13.1 Å². The largest absolute Gasteiger partial charge is 0.481 e. The van der Waals surface area contributed by atoms with Crippen LogP contribution in [0, 0.1) is 17.8 Å². The first-order valence-corrected chi connectivity index (χ1v) is 6.85. The van der Waals surface area contributed by atoms with Crippen LogP contribution in [0.3, 0.4) is 0 Å². The summed E-state index contributed by atoms with van der Waals surface area (Å²) in [6.07, 6.45) is 4.88. The van der Waals surface area contributed by atoms with Crippen molar-refractivity contribution in [3.63, 3.8) is 0 Å². The molecule has 1 heterocycles. The number of nitrogens with zero attached hydrogens (tertiary/aromatic N) is 1. The predicted octanol–water partition coefficient (Wildman–Crippen LogP) is 0.883. The average Bonchev–Trinajstić information content (AvgIpc) is 2.41. The smallest absolute Gasteiger partial charge is 0.307 e. The highest BCUT2D eigenvalue weighted by Crippen LogP contribution is 2.29. The topological polar surface area (TPSA) is 77.8 Å². The number of allylic oxidation sites excluding steroid dienone is 2. The molecule has 0 aromatic heterocycles. The average molecular weight is 267 g/mol. The van der Waals surface area contributed by atoms with E-state index < -0.39 is 23.9 Å². The molecule has 0 saturated carbocycles. The third kappa shape index (κ3) is 2.97.